The molecule has 3 nitrogen and oxygen atoms in total. The molecule has 108 valence electrons. The van der Waals surface area contributed by atoms with E-state index in [9.17, 15) is 4.39 Å². The Morgan fingerprint density at radius 2 is 1.81 bits per heavy atom. The van der Waals surface area contributed by atoms with Gasteiger partial charge in [0.2, 0.25) is 0 Å². The SMILES string of the molecule is N=C(N)c1c(F)cccc1N1CCCCc2ccccc21. The Labute approximate surface area is 123 Å². The predicted molar refractivity (Wildman–Crippen MR) is 83.8 cm³/mol. The molecule has 0 saturated carbocycles. The van der Waals surface area contributed by atoms with E-state index in [1.54, 1.807) is 6.07 Å². The Morgan fingerprint density at radius 1 is 1.05 bits per heavy atom. The third kappa shape index (κ3) is 2.49. The molecule has 0 amide bonds. The van der Waals surface area contributed by atoms with Crippen molar-refractivity contribution in [1.29, 1.82) is 5.41 Å². The fraction of sp³-hybridized carbons (Fsp3) is 0.235. The first-order chi connectivity index (χ1) is 10.2. The van der Waals surface area contributed by atoms with Gasteiger partial charge in [-0.15, -0.1) is 0 Å². The summed E-state index contributed by atoms with van der Waals surface area (Å²) in [6.07, 6.45) is 3.16. The van der Waals surface area contributed by atoms with E-state index in [1.807, 2.05) is 18.2 Å². The number of nitrogen functional groups attached to an aromatic ring is 1. The number of benzene rings is 2. The fourth-order valence-corrected chi connectivity index (χ4v) is 2.95. The first kappa shape index (κ1) is 13.6. The monoisotopic (exact) mass is 283 g/mol. The second kappa shape index (κ2) is 5.56. The Hall–Kier alpha value is -2.36. The van der Waals surface area contributed by atoms with Gasteiger partial charge in [-0.3, -0.25) is 5.41 Å². The number of para-hydroxylation sites is 1. The lowest BCUT2D eigenvalue weighted by Crippen LogP contribution is -2.24. The van der Waals surface area contributed by atoms with Crippen LogP contribution in [0.5, 0.6) is 0 Å². The molecule has 0 aromatic heterocycles. The maximum atomic E-state index is 14.1. The molecule has 3 N–H and O–H groups in total. The minimum Gasteiger partial charge on any atom is -0.384 e. The van der Waals surface area contributed by atoms with E-state index in [-0.39, 0.29) is 11.4 Å². The van der Waals surface area contributed by atoms with E-state index in [0.29, 0.717) is 5.69 Å². The van der Waals surface area contributed by atoms with E-state index >= 15 is 0 Å². The maximum Gasteiger partial charge on any atom is 0.136 e. The smallest absolute Gasteiger partial charge is 0.136 e. The summed E-state index contributed by atoms with van der Waals surface area (Å²) in [5.74, 6) is -0.674. The lowest BCUT2D eigenvalue weighted by molar-refractivity contribution is 0.624. The molecule has 0 radical (unpaired) electrons. The van der Waals surface area contributed by atoms with Crippen LogP contribution in [0.2, 0.25) is 0 Å². The van der Waals surface area contributed by atoms with Crippen LogP contribution in [0.3, 0.4) is 0 Å². The number of halogens is 1. The molecule has 0 aliphatic carbocycles. The summed E-state index contributed by atoms with van der Waals surface area (Å²) in [6, 6.07) is 13.0. The highest BCUT2D eigenvalue weighted by Crippen LogP contribution is 2.35. The van der Waals surface area contributed by atoms with E-state index in [2.05, 4.69) is 17.0 Å². The number of hydrogen-bond donors (Lipinski definition) is 2. The number of nitrogens with two attached hydrogens (primary N) is 1. The van der Waals surface area contributed by atoms with Crippen molar-refractivity contribution in [3.8, 4) is 0 Å². The van der Waals surface area contributed by atoms with Crippen LogP contribution in [0.1, 0.15) is 24.0 Å². The quantitative estimate of drug-likeness (QED) is 0.653. The van der Waals surface area contributed by atoms with Crippen molar-refractivity contribution in [1.82, 2.24) is 0 Å². The van der Waals surface area contributed by atoms with Gasteiger partial charge in [0, 0.05) is 12.2 Å². The number of amidine groups is 1. The Kier molecular flexibility index (Phi) is 3.60. The normalized spacial score (nSPS) is 14.4. The fourth-order valence-electron chi connectivity index (χ4n) is 2.95. The van der Waals surface area contributed by atoms with Crippen LogP contribution in [-0.4, -0.2) is 12.4 Å². The van der Waals surface area contributed by atoms with Crippen molar-refractivity contribution in [2.75, 3.05) is 11.4 Å². The topological polar surface area (TPSA) is 53.1 Å². The molecule has 1 aliphatic heterocycles. The number of fused-ring (bicyclic) bond motifs is 1. The van der Waals surface area contributed by atoms with Gasteiger partial charge in [0.25, 0.3) is 0 Å². The summed E-state index contributed by atoms with van der Waals surface area (Å²) < 4.78 is 14.1. The summed E-state index contributed by atoms with van der Waals surface area (Å²) in [7, 11) is 0. The molecule has 4 heteroatoms. The molecular weight excluding hydrogens is 265 g/mol. The van der Waals surface area contributed by atoms with Crippen LogP contribution in [0.25, 0.3) is 0 Å². The van der Waals surface area contributed by atoms with Crippen LogP contribution in [0, 0.1) is 11.2 Å². The van der Waals surface area contributed by atoms with Gasteiger partial charge >= 0.3 is 0 Å². The molecule has 1 heterocycles. The van der Waals surface area contributed by atoms with Crippen LogP contribution in [-0.2, 0) is 6.42 Å². The molecule has 0 saturated heterocycles. The molecular formula is C17H18FN3. The molecule has 3 rings (SSSR count). The number of aryl methyl sites for hydroxylation is 1. The second-order valence-corrected chi connectivity index (χ2v) is 5.29. The zero-order chi connectivity index (χ0) is 14.8. The van der Waals surface area contributed by atoms with E-state index < -0.39 is 5.82 Å². The minimum atomic E-state index is -0.443. The van der Waals surface area contributed by atoms with Crippen molar-refractivity contribution in [2.45, 2.75) is 19.3 Å². The number of hydrogen-bond acceptors (Lipinski definition) is 2. The summed E-state index contributed by atoms with van der Waals surface area (Å²) in [5.41, 5.74) is 8.81. The maximum absolute atomic E-state index is 14.1. The Morgan fingerprint density at radius 3 is 2.62 bits per heavy atom. The van der Waals surface area contributed by atoms with Crippen LogP contribution in [0.4, 0.5) is 15.8 Å². The molecule has 1 aliphatic rings. The number of anilines is 2. The molecule has 2 aromatic carbocycles. The van der Waals surface area contributed by atoms with Gasteiger partial charge in [-0.2, -0.15) is 0 Å². The molecule has 0 unspecified atom stereocenters. The summed E-state index contributed by atoms with van der Waals surface area (Å²) >= 11 is 0. The summed E-state index contributed by atoms with van der Waals surface area (Å²) in [5, 5.41) is 7.69. The molecule has 0 bridgehead atoms. The van der Waals surface area contributed by atoms with Gasteiger partial charge in [0.1, 0.15) is 11.7 Å². The van der Waals surface area contributed by atoms with Crippen molar-refractivity contribution >= 4 is 17.2 Å². The molecule has 0 fully saturated rings. The second-order valence-electron chi connectivity index (χ2n) is 5.29. The van der Waals surface area contributed by atoms with Gasteiger partial charge in [0.05, 0.1) is 11.3 Å². The zero-order valence-electron chi connectivity index (χ0n) is 11.8. The number of rotatable bonds is 2. The highest BCUT2D eigenvalue weighted by molar-refractivity contribution is 6.01. The van der Waals surface area contributed by atoms with Gasteiger partial charge in [-0.05, 0) is 43.0 Å². The van der Waals surface area contributed by atoms with Gasteiger partial charge < -0.3 is 10.6 Å². The third-order valence-corrected chi connectivity index (χ3v) is 3.91. The average Bonchev–Trinajstić information content (AvgIpc) is 2.68. The van der Waals surface area contributed by atoms with Gasteiger partial charge in [0.15, 0.2) is 0 Å². The molecule has 2 aromatic rings. The predicted octanol–water partition coefficient (Wildman–Crippen LogP) is 3.58. The Bertz CT molecular complexity index is 681. The van der Waals surface area contributed by atoms with Crippen LogP contribution >= 0.6 is 0 Å². The minimum absolute atomic E-state index is 0.189. The zero-order valence-corrected chi connectivity index (χ0v) is 11.8. The lowest BCUT2D eigenvalue weighted by Gasteiger charge is -2.27. The van der Waals surface area contributed by atoms with E-state index in [1.165, 1.54) is 11.6 Å². The summed E-state index contributed by atoms with van der Waals surface area (Å²) in [4.78, 5) is 2.09. The van der Waals surface area contributed by atoms with Crippen molar-refractivity contribution in [3.05, 3.63) is 59.4 Å². The third-order valence-electron chi connectivity index (χ3n) is 3.91. The number of nitrogens with zero attached hydrogens (tertiary/aromatic N) is 1. The molecule has 21 heavy (non-hydrogen) atoms. The standard InChI is InChI=1S/C17H18FN3/c18-13-8-5-10-15(16(13)17(19)20)21-11-4-3-7-12-6-1-2-9-14(12)21/h1-2,5-6,8-10H,3-4,7,11H2,(H3,19,20). The van der Waals surface area contributed by atoms with Gasteiger partial charge in [-0.25, -0.2) is 4.39 Å². The highest BCUT2D eigenvalue weighted by atomic mass is 19.1. The average molecular weight is 283 g/mol. The van der Waals surface area contributed by atoms with Crippen LogP contribution in [0.15, 0.2) is 42.5 Å². The van der Waals surface area contributed by atoms with Crippen molar-refractivity contribution < 1.29 is 4.39 Å². The van der Waals surface area contributed by atoms with Crippen molar-refractivity contribution in [2.24, 2.45) is 5.73 Å². The van der Waals surface area contributed by atoms with E-state index in [4.69, 9.17) is 11.1 Å². The first-order valence-corrected chi connectivity index (χ1v) is 7.17. The largest absolute Gasteiger partial charge is 0.384 e. The highest BCUT2D eigenvalue weighted by Gasteiger charge is 2.21. The lowest BCUT2D eigenvalue weighted by atomic mass is 10.1. The summed E-state index contributed by atoms with van der Waals surface area (Å²) in [6.45, 7) is 0.806. The van der Waals surface area contributed by atoms with Crippen LogP contribution < -0.4 is 10.6 Å². The number of nitrogens with one attached hydrogen (secondary N) is 1. The Balaban J connectivity index is 2.17. The molecule has 0 spiro atoms. The molecule has 0 atom stereocenters. The van der Waals surface area contributed by atoms with E-state index in [0.717, 1.165) is 31.5 Å². The van der Waals surface area contributed by atoms with Crippen molar-refractivity contribution in [3.63, 3.8) is 0 Å². The van der Waals surface area contributed by atoms with Gasteiger partial charge in [-0.1, -0.05) is 24.3 Å². The first-order valence-electron chi connectivity index (χ1n) is 7.17.